The molecule has 1 amide bonds. The van der Waals surface area contributed by atoms with Gasteiger partial charge in [-0.25, -0.2) is 0 Å². The maximum atomic E-state index is 11.2. The van der Waals surface area contributed by atoms with E-state index in [2.05, 4.69) is 24.5 Å². The van der Waals surface area contributed by atoms with Gasteiger partial charge in [0, 0.05) is 26.1 Å². The van der Waals surface area contributed by atoms with Crippen molar-refractivity contribution in [2.45, 2.75) is 52.7 Å². The first-order valence-electron chi connectivity index (χ1n) is 7.22. The minimum absolute atomic E-state index is 0.0336. The summed E-state index contributed by atoms with van der Waals surface area (Å²) in [5, 5.41) is 15.5. The third-order valence-corrected chi connectivity index (χ3v) is 2.66. The van der Waals surface area contributed by atoms with Crippen molar-refractivity contribution in [3.63, 3.8) is 0 Å². The molecule has 3 N–H and O–H groups in total. The van der Waals surface area contributed by atoms with E-state index in [4.69, 9.17) is 4.74 Å². The highest BCUT2D eigenvalue weighted by Gasteiger charge is 2.09. The molecule has 5 heteroatoms. The van der Waals surface area contributed by atoms with E-state index in [-0.39, 0.29) is 12.0 Å². The maximum absolute atomic E-state index is 11.2. The smallest absolute Gasteiger partial charge is 0.221 e. The Kier molecular flexibility index (Phi) is 10.8. The molecule has 0 radical (unpaired) electrons. The van der Waals surface area contributed by atoms with Gasteiger partial charge < -0.3 is 20.5 Å². The lowest BCUT2D eigenvalue weighted by molar-refractivity contribution is -0.120. The van der Waals surface area contributed by atoms with Gasteiger partial charge in [-0.2, -0.15) is 0 Å². The summed E-state index contributed by atoms with van der Waals surface area (Å²) in [5.74, 6) is 0.633. The van der Waals surface area contributed by atoms with Crippen molar-refractivity contribution in [3.8, 4) is 0 Å². The molecule has 0 heterocycles. The number of aliphatic hydroxyl groups is 1. The van der Waals surface area contributed by atoms with E-state index in [9.17, 15) is 9.90 Å². The molecule has 2 unspecified atom stereocenters. The number of hydrogen-bond donors (Lipinski definition) is 3. The quantitative estimate of drug-likeness (QED) is 0.490. The van der Waals surface area contributed by atoms with Gasteiger partial charge in [0.2, 0.25) is 5.91 Å². The number of carbonyl (C=O) groups is 1. The molecule has 0 aromatic rings. The summed E-state index contributed by atoms with van der Waals surface area (Å²) < 4.78 is 5.56. The molecule has 0 saturated carbocycles. The molecular weight excluding hydrogens is 244 g/mol. The van der Waals surface area contributed by atoms with Crippen LogP contribution in [0, 0.1) is 5.92 Å². The van der Waals surface area contributed by atoms with Gasteiger partial charge in [0.1, 0.15) is 0 Å². The Labute approximate surface area is 117 Å². The Morgan fingerprint density at radius 3 is 2.58 bits per heavy atom. The Morgan fingerprint density at radius 2 is 2.00 bits per heavy atom. The van der Waals surface area contributed by atoms with E-state index >= 15 is 0 Å². The van der Waals surface area contributed by atoms with Gasteiger partial charge in [-0.05, 0) is 26.2 Å². The molecule has 0 saturated heterocycles. The number of rotatable bonds is 11. The minimum atomic E-state index is -0.524. The molecule has 0 bridgehead atoms. The number of carbonyl (C=O) groups excluding carboxylic acids is 1. The second kappa shape index (κ2) is 11.2. The van der Waals surface area contributed by atoms with E-state index in [1.807, 2.05) is 13.8 Å². The van der Waals surface area contributed by atoms with Crippen LogP contribution in [0.2, 0.25) is 0 Å². The normalized spacial score (nSPS) is 14.4. The molecule has 2 atom stereocenters. The van der Waals surface area contributed by atoms with E-state index in [1.165, 1.54) is 0 Å². The third-order valence-electron chi connectivity index (χ3n) is 2.66. The first-order valence-corrected chi connectivity index (χ1v) is 7.22. The molecule has 0 aromatic heterocycles. The Balaban J connectivity index is 3.49. The summed E-state index contributed by atoms with van der Waals surface area (Å²) in [4.78, 5) is 11.2. The fraction of sp³-hybridized carbons (Fsp3) is 0.929. The number of ether oxygens (including phenoxy) is 1. The van der Waals surface area contributed by atoms with Crippen LogP contribution in [0.4, 0.5) is 0 Å². The first-order chi connectivity index (χ1) is 8.95. The second-order valence-electron chi connectivity index (χ2n) is 5.33. The van der Waals surface area contributed by atoms with Crippen LogP contribution in [0.15, 0.2) is 0 Å². The highest BCUT2D eigenvalue weighted by molar-refractivity contribution is 5.75. The fourth-order valence-electron chi connectivity index (χ4n) is 1.82. The zero-order valence-electron chi connectivity index (χ0n) is 12.7. The van der Waals surface area contributed by atoms with Crippen LogP contribution in [-0.2, 0) is 9.53 Å². The van der Waals surface area contributed by atoms with Crippen molar-refractivity contribution >= 4 is 5.91 Å². The average Bonchev–Trinajstić information content (AvgIpc) is 2.31. The molecule has 0 aliphatic rings. The molecule has 0 aromatic carbocycles. The van der Waals surface area contributed by atoms with Gasteiger partial charge in [-0.3, -0.25) is 4.79 Å². The van der Waals surface area contributed by atoms with Crippen molar-refractivity contribution in [2.24, 2.45) is 5.92 Å². The van der Waals surface area contributed by atoms with Crippen LogP contribution in [0.5, 0.6) is 0 Å². The Hall–Kier alpha value is -0.650. The standard InChI is InChI=1S/C14H30N2O3/c1-5-16-14(18)6-7-15-9-13(17)10-19-12(4)8-11(2)3/h11-13,15,17H,5-10H2,1-4H3,(H,16,18). The lowest BCUT2D eigenvalue weighted by Gasteiger charge is -2.18. The van der Waals surface area contributed by atoms with Crippen LogP contribution < -0.4 is 10.6 Å². The van der Waals surface area contributed by atoms with E-state index in [1.54, 1.807) is 0 Å². The maximum Gasteiger partial charge on any atom is 0.221 e. The zero-order chi connectivity index (χ0) is 14.7. The van der Waals surface area contributed by atoms with Crippen molar-refractivity contribution < 1.29 is 14.6 Å². The zero-order valence-corrected chi connectivity index (χ0v) is 12.7. The van der Waals surface area contributed by atoms with Crippen molar-refractivity contribution in [2.75, 3.05) is 26.2 Å². The summed E-state index contributed by atoms with van der Waals surface area (Å²) in [6.45, 7) is 10.2. The van der Waals surface area contributed by atoms with Crippen LogP contribution in [-0.4, -0.2) is 49.5 Å². The molecular formula is C14H30N2O3. The lowest BCUT2D eigenvalue weighted by Crippen LogP contribution is -2.34. The molecule has 0 fully saturated rings. The van der Waals surface area contributed by atoms with Crippen LogP contribution >= 0.6 is 0 Å². The molecule has 0 spiro atoms. The lowest BCUT2D eigenvalue weighted by atomic mass is 10.1. The molecule has 0 aliphatic heterocycles. The van der Waals surface area contributed by atoms with Gasteiger partial charge in [-0.15, -0.1) is 0 Å². The second-order valence-corrected chi connectivity index (χ2v) is 5.33. The minimum Gasteiger partial charge on any atom is -0.389 e. The van der Waals surface area contributed by atoms with E-state index in [0.717, 1.165) is 6.42 Å². The van der Waals surface area contributed by atoms with E-state index < -0.39 is 6.10 Å². The topological polar surface area (TPSA) is 70.6 Å². The SMILES string of the molecule is CCNC(=O)CCNCC(O)COC(C)CC(C)C. The molecule has 0 aliphatic carbocycles. The number of nitrogens with one attached hydrogen (secondary N) is 2. The number of amides is 1. The van der Waals surface area contributed by atoms with Crippen molar-refractivity contribution in [1.82, 2.24) is 10.6 Å². The monoisotopic (exact) mass is 274 g/mol. The predicted molar refractivity (Wildman–Crippen MR) is 77.0 cm³/mol. The van der Waals surface area contributed by atoms with Gasteiger partial charge in [0.05, 0.1) is 18.8 Å². The van der Waals surface area contributed by atoms with Gasteiger partial charge >= 0.3 is 0 Å². The largest absolute Gasteiger partial charge is 0.389 e. The third kappa shape index (κ3) is 12.1. The number of aliphatic hydroxyl groups excluding tert-OH is 1. The van der Waals surface area contributed by atoms with Crippen LogP contribution in [0.1, 0.15) is 40.5 Å². The van der Waals surface area contributed by atoms with Crippen molar-refractivity contribution in [3.05, 3.63) is 0 Å². The summed E-state index contributed by atoms with van der Waals surface area (Å²) in [6.07, 6.45) is 1.08. The Morgan fingerprint density at radius 1 is 1.32 bits per heavy atom. The molecule has 19 heavy (non-hydrogen) atoms. The average molecular weight is 274 g/mol. The highest BCUT2D eigenvalue weighted by atomic mass is 16.5. The van der Waals surface area contributed by atoms with E-state index in [0.29, 0.717) is 38.6 Å². The van der Waals surface area contributed by atoms with Gasteiger partial charge in [-0.1, -0.05) is 13.8 Å². The number of hydrogen-bond acceptors (Lipinski definition) is 4. The summed E-state index contributed by atoms with van der Waals surface area (Å²) in [6, 6.07) is 0. The van der Waals surface area contributed by atoms with Gasteiger partial charge in [0.15, 0.2) is 0 Å². The molecule has 5 nitrogen and oxygen atoms in total. The predicted octanol–water partition coefficient (Wildman–Crippen LogP) is 0.914. The van der Waals surface area contributed by atoms with Crippen LogP contribution in [0.3, 0.4) is 0 Å². The summed E-state index contributed by atoms with van der Waals surface area (Å²) >= 11 is 0. The summed E-state index contributed by atoms with van der Waals surface area (Å²) in [5.41, 5.74) is 0. The fourth-order valence-corrected chi connectivity index (χ4v) is 1.82. The molecule has 0 rings (SSSR count). The van der Waals surface area contributed by atoms with Crippen molar-refractivity contribution in [1.29, 1.82) is 0 Å². The summed E-state index contributed by atoms with van der Waals surface area (Å²) in [7, 11) is 0. The van der Waals surface area contributed by atoms with Crippen LogP contribution in [0.25, 0.3) is 0 Å². The Bertz CT molecular complexity index is 235. The van der Waals surface area contributed by atoms with Gasteiger partial charge in [0.25, 0.3) is 0 Å². The highest BCUT2D eigenvalue weighted by Crippen LogP contribution is 2.07. The first kappa shape index (κ1) is 18.4. The molecule has 114 valence electrons.